The van der Waals surface area contributed by atoms with Gasteiger partial charge in [-0.25, -0.2) is 4.98 Å². The second kappa shape index (κ2) is 9.26. The average molecular weight is 434 g/mol. The van der Waals surface area contributed by atoms with E-state index in [1.165, 1.54) is 0 Å². The van der Waals surface area contributed by atoms with Crippen molar-refractivity contribution in [2.24, 2.45) is 0 Å². The number of fused-ring (bicyclic) bond motifs is 1. The largest absolute Gasteiger partial charge is 0.477 e. The van der Waals surface area contributed by atoms with E-state index in [2.05, 4.69) is 10.3 Å². The summed E-state index contributed by atoms with van der Waals surface area (Å²) in [6, 6.07) is 16.7. The molecule has 0 spiro atoms. The van der Waals surface area contributed by atoms with Crippen LogP contribution in [0, 0.1) is 6.92 Å². The van der Waals surface area contributed by atoms with Crippen molar-refractivity contribution >= 4 is 17.5 Å². The molecule has 1 aromatic heterocycles. The fourth-order valence-corrected chi connectivity index (χ4v) is 3.78. The van der Waals surface area contributed by atoms with Crippen LogP contribution in [0.2, 0.25) is 0 Å². The lowest BCUT2D eigenvalue weighted by molar-refractivity contribution is -0.128. The maximum absolute atomic E-state index is 13.5. The maximum atomic E-state index is 13.5. The molecule has 0 bridgehead atoms. The molecule has 2 aromatic carbocycles. The van der Waals surface area contributed by atoms with E-state index in [1.54, 1.807) is 24.0 Å². The highest BCUT2D eigenvalue weighted by Crippen LogP contribution is 2.35. The predicted octanol–water partition coefficient (Wildman–Crippen LogP) is 4.36. The Morgan fingerprint density at radius 3 is 2.50 bits per heavy atom. The molecule has 4 rings (SSSR count). The molecule has 1 N–H and O–H groups in total. The summed E-state index contributed by atoms with van der Waals surface area (Å²) in [5.74, 6) is 0.741. The van der Waals surface area contributed by atoms with Crippen LogP contribution in [0.1, 0.15) is 42.9 Å². The second-order valence-electron chi connectivity index (χ2n) is 7.80. The lowest BCUT2D eigenvalue weighted by Gasteiger charge is -2.34. The Hall–Kier alpha value is -3.61. The molecule has 32 heavy (non-hydrogen) atoms. The van der Waals surface area contributed by atoms with E-state index >= 15 is 0 Å². The number of hydrogen-bond donors (Lipinski definition) is 1. The molecule has 0 aliphatic carbocycles. The third kappa shape index (κ3) is 4.23. The molecule has 1 aliphatic rings. The Labute approximate surface area is 187 Å². The molecule has 1 aliphatic heterocycles. The van der Waals surface area contributed by atoms with Crippen molar-refractivity contribution in [2.75, 3.05) is 11.4 Å². The normalized spacial score (nSPS) is 15.2. The van der Waals surface area contributed by atoms with Crippen molar-refractivity contribution in [3.05, 3.63) is 66.1 Å². The maximum Gasteiger partial charge on any atom is 0.280 e. The van der Waals surface area contributed by atoms with Gasteiger partial charge in [-0.3, -0.25) is 14.5 Å². The third-order valence-corrected chi connectivity index (χ3v) is 5.66. The summed E-state index contributed by atoms with van der Waals surface area (Å²) in [5.41, 5.74) is 1.62. The lowest BCUT2D eigenvalue weighted by atomic mass is 10.1. The minimum Gasteiger partial charge on any atom is -0.477 e. The molecule has 0 fully saturated rings. The first-order valence-corrected chi connectivity index (χ1v) is 10.9. The molecular weight excluding hydrogens is 406 g/mol. The van der Waals surface area contributed by atoms with Crippen molar-refractivity contribution < 1.29 is 18.7 Å². The van der Waals surface area contributed by atoms with Gasteiger partial charge in [0.1, 0.15) is 11.5 Å². The lowest BCUT2D eigenvalue weighted by Crippen LogP contribution is -2.52. The van der Waals surface area contributed by atoms with Crippen molar-refractivity contribution in [1.29, 1.82) is 0 Å². The average Bonchev–Trinajstić information content (AvgIpc) is 3.23. The molecule has 7 heteroatoms. The summed E-state index contributed by atoms with van der Waals surface area (Å²) in [4.78, 5) is 32.5. The van der Waals surface area contributed by atoms with Gasteiger partial charge in [-0.1, -0.05) is 44.2 Å². The highest BCUT2D eigenvalue weighted by Gasteiger charge is 2.36. The van der Waals surface area contributed by atoms with Gasteiger partial charge in [-0.2, -0.15) is 0 Å². The smallest absolute Gasteiger partial charge is 0.280 e. The number of rotatable bonds is 6. The van der Waals surface area contributed by atoms with E-state index < -0.39 is 6.10 Å². The molecule has 0 saturated heterocycles. The van der Waals surface area contributed by atoms with Gasteiger partial charge in [0, 0.05) is 11.6 Å². The zero-order chi connectivity index (χ0) is 22.7. The van der Waals surface area contributed by atoms with Crippen LogP contribution in [0.25, 0.3) is 11.5 Å². The molecule has 1 atom stereocenters. The fraction of sp³-hybridized carbons (Fsp3) is 0.320. The topological polar surface area (TPSA) is 84.7 Å². The number of aryl methyl sites for hydroxylation is 1. The molecular formula is C25H27N3O4. The number of carbonyl (C=O) groups excluding carboxylic acids is 2. The molecule has 166 valence electrons. The summed E-state index contributed by atoms with van der Waals surface area (Å²) in [6.07, 6.45) is 0.846. The van der Waals surface area contributed by atoms with E-state index in [1.807, 2.05) is 56.3 Å². The molecule has 3 aromatic rings. The number of ether oxygens (including phenoxy) is 1. The number of hydrogen-bond acceptors (Lipinski definition) is 5. The quantitative estimate of drug-likeness (QED) is 0.624. The fourth-order valence-electron chi connectivity index (χ4n) is 3.78. The zero-order valence-electron chi connectivity index (χ0n) is 18.5. The number of carbonyl (C=O) groups is 2. The van der Waals surface area contributed by atoms with Crippen LogP contribution >= 0.6 is 0 Å². The molecule has 7 nitrogen and oxygen atoms in total. The number of anilines is 1. The van der Waals surface area contributed by atoms with Crippen molar-refractivity contribution in [1.82, 2.24) is 10.3 Å². The SMILES string of the molecule is CCC(CC)NC(=O)C1CN(C(=O)c2nc(-c3ccccc3)oc2C)c2ccccc2O1. The Bertz CT molecular complexity index is 1110. The van der Waals surface area contributed by atoms with E-state index in [4.69, 9.17) is 9.15 Å². The summed E-state index contributed by atoms with van der Waals surface area (Å²) in [7, 11) is 0. The van der Waals surface area contributed by atoms with Crippen LogP contribution in [0.3, 0.4) is 0 Å². The minimum atomic E-state index is -0.810. The summed E-state index contributed by atoms with van der Waals surface area (Å²) >= 11 is 0. The number of oxazole rings is 1. The number of benzene rings is 2. The Morgan fingerprint density at radius 2 is 1.78 bits per heavy atom. The predicted molar refractivity (Wildman–Crippen MR) is 122 cm³/mol. The summed E-state index contributed by atoms with van der Waals surface area (Å²) in [6.45, 7) is 5.86. The monoisotopic (exact) mass is 433 g/mol. The molecule has 0 saturated carbocycles. The number of amides is 2. The number of aromatic nitrogens is 1. The first-order chi connectivity index (χ1) is 15.5. The van der Waals surface area contributed by atoms with E-state index in [0.29, 0.717) is 23.1 Å². The van der Waals surface area contributed by atoms with Gasteiger partial charge >= 0.3 is 0 Å². The van der Waals surface area contributed by atoms with Gasteiger partial charge in [0.2, 0.25) is 5.89 Å². The molecule has 2 heterocycles. The van der Waals surface area contributed by atoms with E-state index in [-0.39, 0.29) is 30.1 Å². The van der Waals surface area contributed by atoms with Crippen molar-refractivity contribution in [2.45, 2.75) is 45.8 Å². The van der Waals surface area contributed by atoms with Gasteiger partial charge in [-0.05, 0) is 44.0 Å². The summed E-state index contributed by atoms with van der Waals surface area (Å²) < 4.78 is 11.7. The molecule has 1 unspecified atom stereocenters. The number of nitrogens with zero attached hydrogens (tertiary/aromatic N) is 2. The van der Waals surface area contributed by atoms with Gasteiger partial charge in [0.25, 0.3) is 11.8 Å². The van der Waals surface area contributed by atoms with Crippen LogP contribution < -0.4 is 15.0 Å². The van der Waals surface area contributed by atoms with Crippen LogP contribution in [-0.4, -0.2) is 35.5 Å². The zero-order valence-corrected chi connectivity index (χ0v) is 18.5. The van der Waals surface area contributed by atoms with Gasteiger partial charge in [-0.15, -0.1) is 0 Å². The second-order valence-corrected chi connectivity index (χ2v) is 7.80. The van der Waals surface area contributed by atoms with Gasteiger partial charge in [0.05, 0.1) is 12.2 Å². The Kier molecular flexibility index (Phi) is 6.25. The highest BCUT2D eigenvalue weighted by atomic mass is 16.5. The Morgan fingerprint density at radius 1 is 1.09 bits per heavy atom. The van der Waals surface area contributed by atoms with Crippen molar-refractivity contribution in [3.63, 3.8) is 0 Å². The highest BCUT2D eigenvalue weighted by molar-refractivity contribution is 6.07. The van der Waals surface area contributed by atoms with Crippen LogP contribution in [-0.2, 0) is 4.79 Å². The van der Waals surface area contributed by atoms with E-state index in [0.717, 1.165) is 18.4 Å². The van der Waals surface area contributed by atoms with Gasteiger partial charge < -0.3 is 14.5 Å². The van der Waals surface area contributed by atoms with Crippen LogP contribution in [0.5, 0.6) is 5.75 Å². The standard InChI is InChI=1S/C25H27N3O4/c1-4-18(5-2)26-23(29)21-15-28(19-13-9-10-14-20(19)32-21)25(30)22-16(3)31-24(27-22)17-11-7-6-8-12-17/h6-14,18,21H,4-5,15H2,1-3H3,(H,26,29). The first kappa shape index (κ1) is 21.6. The van der Waals surface area contributed by atoms with E-state index in [9.17, 15) is 9.59 Å². The number of para-hydroxylation sites is 2. The van der Waals surface area contributed by atoms with Crippen LogP contribution in [0.4, 0.5) is 5.69 Å². The minimum absolute atomic E-state index is 0.0682. The molecule has 2 amide bonds. The number of nitrogens with one attached hydrogen (secondary N) is 1. The third-order valence-electron chi connectivity index (χ3n) is 5.66. The Balaban J connectivity index is 1.64. The van der Waals surface area contributed by atoms with Gasteiger partial charge in [0.15, 0.2) is 11.8 Å². The first-order valence-electron chi connectivity index (χ1n) is 10.9. The molecule has 0 radical (unpaired) electrons. The van der Waals surface area contributed by atoms with Crippen molar-refractivity contribution in [3.8, 4) is 17.2 Å². The summed E-state index contributed by atoms with van der Waals surface area (Å²) in [5, 5.41) is 3.02. The van der Waals surface area contributed by atoms with Crippen LogP contribution in [0.15, 0.2) is 59.0 Å².